The number of β-lactam (4-membered cyclic amide) rings is 1. The van der Waals surface area contributed by atoms with Crippen LogP contribution in [0.3, 0.4) is 0 Å². The summed E-state index contributed by atoms with van der Waals surface area (Å²) < 4.78 is 0. The van der Waals surface area contributed by atoms with Crippen LogP contribution in [0, 0.1) is 5.92 Å². The molecule has 1 unspecified atom stereocenters. The predicted octanol–water partition coefficient (Wildman–Crippen LogP) is 0.751. The van der Waals surface area contributed by atoms with Crippen LogP contribution in [0.5, 0.6) is 23.0 Å². The molecule has 8 N–H and O–H groups in total. The Morgan fingerprint density at radius 3 is 2.24 bits per heavy atom. The number of fused-ring (bicyclic) bond motifs is 1. The van der Waals surface area contributed by atoms with Crippen molar-refractivity contribution in [3.05, 3.63) is 58.3 Å². The number of aromatic hydroxyl groups is 4. The molecular formula is C31H35ClN5O11P. The van der Waals surface area contributed by atoms with E-state index in [2.05, 4.69) is 25.2 Å². The fourth-order valence-corrected chi connectivity index (χ4v) is 6.11. The molecule has 1 saturated heterocycles. The van der Waals surface area contributed by atoms with Crippen LogP contribution >= 0.6 is 20.8 Å². The van der Waals surface area contributed by atoms with E-state index < -0.39 is 82.8 Å². The smallest absolute Gasteiger partial charge is 0.353 e. The van der Waals surface area contributed by atoms with Gasteiger partial charge in [-0.05, 0) is 49.9 Å². The normalized spacial score (nSPS) is 17.3. The van der Waals surface area contributed by atoms with Crippen molar-refractivity contribution < 1.29 is 54.3 Å². The SMILES string of the molecule is O=C(CN(CCCCNC(=O)c1cccc(O)c1O)C(=O)c1cccc(O)c1O)N[C@@H](P)C(=O)NC[C@@H]1C(=O)N2C(C(=O)O)=C(Cl)CC[C@H]12. The molecule has 0 radical (unpaired) electrons. The van der Waals surface area contributed by atoms with E-state index in [0.29, 0.717) is 12.8 Å². The predicted molar refractivity (Wildman–Crippen MR) is 176 cm³/mol. The van der Waals surface area contributed by atoms with Crippen LogP contribution in [0.1, 0.15) is 46.4 Å². The minimum absolute atomic E-state index is 0.0409. The fourth-order valence-electron chi connectivity index (χ4n) is 5.52. The number of carboxylic acid groups (broad SMARTS) is 1. The standard InChI is InChI=1S/C31H35ClN5O11P/c32-18-9-10-19-17(30(46)37(19)23(18)31(47)48)13-34-27(44)28(49)35-22(40)14-36(29(45)16-6-4-8-21(39)25(16)42)12-2-1-11-33-26(43)15-5-3-7-20(38)24(15)41/h3-8,17,19,28,38-39,41-42H,1-2,9-14,49H2,(H,33,43)(H,34,44)(H,35,40)(H,47,48)/t17-,19+,28-/m0/s1. The van der Waals surface area contributed by atoms with Gasteiger partial charge >= 0.3 is 5.97 Å². The maximum Gasteiger partial charge on any atom is 0.353 e. The van der Waals surface area contributed by atoms with Crippen molar-refractivity contribution in [2.45, 2.75) is 37.5 Å². The molecule has 1 fully saturated rings. The maximum atomic E-state index is 13.3. The number of hydrogen-bond acceptors (Lipinski definition) is 10. The summed E-state index contributed by atoms with van der Waals surface area (Å²) in [6.45, 7) is -0.594. The van der Waals surface area contributed by atoms with Crippen molar-refractivity contribution in [3.8, 4) is 23.0 Å². The first-order chi connectivity index (χ1) is 23.2. The van der Waals surface area contributed by atoms with Crippen LogP contribution in [0.15, 0.2) is 47.1 Å². The van der Waals surface area contributed by atoms with Crippen molar-refractivity contribution in [1.82, 2.24) is 25.8 Å². The van der Waals surface area contributed by atoms with E-state index in [1.807, 2.05) is 0 Å². The zero-order chi connectivity index (χ0) is 36.0. The minimum atomic E-state index is -1.32. The first kappa shape index (κ1) is 36.8. The zero-order valence-electron chi connectivity index (χ0n) is 25.9. The van der Waals surface area contributed by atoms with Crippen LogP contribution < -0.4 is 16.0 Å². The molecule has 0 aromatic heterocycles. The van der Waals surface area contributed by atoms with Gasteiger partial charge in [-0.1, -0.05) is 23.7 Å². The van der Waals surface area contributed by atoms with Crippen molar-refractivity contribution in [3.63, 3.8) is 0 Å². The van der Waals surface area contributed by atoms with Gasteiger partial charge < -0.3 is 51.3 Å². The molecule has 0 aliphatic carbocycles. The van der Waals surface area contributed by atoms with E-state index in [1.54, 1.807) is 0 Å². The molecular weight excluding hydrogens is 685 g/mol. The van der Waals surface area contributed by atoms with E-state index in [-0.39, 0.29) is 54.3 Å². The van der Waals surface area contributed by atoms with Gasteiger partial charge in [0.1, 0.15) is 11.5 Å². The summed E-state index contributed by atoms with van der Waals surface area (Å²) in [7, 11) is 2.14. The number of phenols is 4. The van der Waals surface area contributed by atoms with Gasteiger partial charge in [0.2, 0.25) is 17.7 Å². The van der Waals surface area contributed by atoms with E-state index in [9.17, 15) is 54.3 Å². The average molecular weight is 720 g/mol. The lowest BCUT2D eigenvalue weighted by atomic mass is 9.81. The second kappa shape index (κ2) is 15.9. The molecule has 18 heteroatoms. The first-order valence-corrected chi connectivity index (χ1v) is 16.1. The van der Waals surface area contributed by atoms with Crippen molar-refractivity contribution in [2.75, 3.05) is 26.2 Å². The van der Waals surface area contributed by atoms with Crippen LogP contribution in [0.25, 0.3) is 0 Å². The summed E-state index contributed by atoms with van der Waals surface area (Å²) in [5.41, 5.74) is -0.670. The summed E-state index contributed by atoms with van der Waals surface area (Å²) in [5.74, 6) is -8.76. The zero-order valence-corrected chi connectivity index (χ0v) is 27.8. The Bertz CT molecular complexity index is 1700. The maximum absolute atomic E-state index is 13.3. The number of halogens is 1. The molecule has 0 bridgehead atoms. The molecule has 2 aromatic rings. The Labute approximate surface area is 286 Å². The number of para-hydroxylation sites is 2. The number of carbonyl (C=O) groups excluding carboxylic acids is 5. The number of hydrogen-bond donors (Lipinski definition) is 8. The molecule has 262 valence electrons. The van der Waals surface area contributed by atoms with Gasteiger partial charge in [0.05, 0.1) is 29.6 Å². The lowest BCUT2D eigenvalue weighted by Gasteiger charge is -2.49. The quantitative estimate of drug-likeness (QED) is 0.0586. The van der Waals surface area contributed by atoms with Gasteiger partial charge in [0.25, 0.3) is 11.8 Å². The molecule has 4 rings (SSSR count). The summed E-state index contributed by atoms with van der Waals surface area (Å²) in [4.78, 5) is 77.9. The van der Waals surface area contributed by atoms with Gasteiger partial charge in [-0.3, -0.25) is 24.0 Å². The van der Waals surface area contributed by atoms with Crippen molar-refractivity contribution in [2.24, 2.45) is 5.92 Å². The van der Waals surface area contributed by atoms with Gasteiger partial charge in [0.15, 0.2) is 23.0 Å². The van der Waals surface area contributed by atoms with E-state index in [0.717, 1.165) is 9.80 Å². The number of nitrogens with zero attached hydrogens (tertiary/aromatic N) is 2. The third-order valence-corrected chi connectivity index (χ3v) is 8.91. The third-order valence-electron chi connectivity index (χ3n) is 8.07. The number of rotatable bonds is 14. The molecule has 49 heavy (non-hydrogen) atoms. The van der Waals surface area contributed by atoms with Crippen molar-refractivity contribution in [1.29, 1.82) is 0 Å². The number of carbonyl (C=O) groups is 6. The van der Waals surface area contributed by atoms with E-state index >= 15 is 0 Å². The fraction of sp³-hybridized carbons (Fsp3) is 0.355. The highest BCUT2D eigenvalue weighted by Crippen LogP contribution is 2.41. The second-order valence-corrected chi connectivity index (χ2v) is 12.4. The highest BCUT2D eigenvalue weighted by molar-refractivity contribution is 7.19. The first-order valence-electron chi connectivity index (χ1n) is 15.1. The van der Waals surface area contributed by atoms with Crippen LogP contribution in [0.4, 0.5) is 0 Å². The van der Waals surface area contributed by atoms with Gasteiger partial charge in [-0.15, -0.1) is 9.24 Å². The lowest BCUT2D eigenvalue weighted by molar-refractivity contribution is -0.158. The van der Waals surface area contributed by atoms with Crippen LogP contribution in [0.2, 0.25) is 0 Å². The Morgan fingerprint density at radius 1 is 0.959 bits per heavy atom. The van der Waals surface area contributed by atoms with Crippen LogP contribution in [-0.2, 0) is 19.2 Å². The van der Waals surface area contributed by atoms with Crippen LogP contribution in [-0.4, -0.2) is 109 Å². The number of benzene rings is 2. The molecule has 0 saturated carbocycles. The molecule has 2 aliphatic heterocycles. The topological polar surface area (TPSA) is 246 Å². The Morgan fingerprint density at radius 2 is 1.59 bits per heavy atom. The summed E-state index contributed by atoms with van der Waals surface area (Å²) in [6.07, 6.45) is 1.27. The number of aliphatic carboxylic acids is 1. The van der Waals surface area contributed by atoms with E-state index in [1.165, 1.54) is 36.4 Å². The third kappa shape index (κ3) is 8.32. The van der Waals surface area contributed by atoms with Crippen molar-refractivity contribution >= 4 is 56.3 Å². The number of nitrogens with one attached hydrogen (secondary N) is 3. The molecule has 2 aliphatic rings. The molecule has 0 spiro atoms. The Balaban J connectivity index is 1.31. The summed E-state index contributed by atoms with van der Waals surface area (Å²) >= 11 is 6.01. The molecule has 16 nitrogen and oxygen atoms in total. The average Bonchev–Trinajstić information content (AvgIpc) is 3.05. The number of unbranched alkanes of at least 4 members (excludes halogenated alkanes) is 1. The van der Waals surface area contributed by atoms with Gasteiger partial charge in [0, 0.05) is 24.7 Å². The number of carboxylic acids is 1. The largest absolute Gasteiger partial charge is 0.504 e. The second-order valence-electron chi connectivity index (χ2n) is 11.3. The number of allylic oxidation sites excluding steroid dienone is 1. The van der Waals surface area contributed by atoms with Gasteiger partial charge in [-0.25, -0.2) is 4.79 Å². The molecule has 2 heterocycles. The van der Waals surface area contributed by atoms with Gasteiger partial charge in [-0.2, -0.15) is 0 Å². The highest BCUT2D eigenvalue weighted by Gasteiger charge is 2.52. The number of amides is 5. The highest BCUT2D eigenvalue weighted by atomic mass is 35.5. The molecule has 5 amide bonds. The molecule has 4 atom stereocenters. The number of phenolic OH excluding ortho intramolecular Hbond substituents is 4. The Kier molecular flexibility index (Phi) is 11.9. The molecule has 2 aromatic carbocycles. The summed E-state index contributed by atoms with van der Waals surface area (Å²) in [5, 5.41) is 56.7. The monoisotopic (exact) mass is 719 g/mol. The summed E-state index contributed by atoms with van der Waals surface area (Å²) in [6, 6.07) is 7.26. The minimum Gasteiger partial charge on any atom is -0.504 e. The van der Waals surface area contributed by atoms with E-state index in [4.69, 9.17) is 11.6 Å². The lowest BCUT2D eigenvalue weighted by Crippen LogP contribution is -2.65. The Hall–Kier alpha value is -5.08.